The zero-order valence-electron chi connectivity index (χ0n) is 10.8. The van der Waals surface area contributed by atoms with Crippen molar-refractivity contribution in [2.75, 3.05) is 18.9 Å². The average Bonchev–Trinajstić information content (AvgIpc) is 2.87. The molecule has 1 aliphatic rings. The highest BCUT2D eigenvalue weighted by Crippen LogP contribution is 2.29. The van der Waals surface area contributed by atoms with Gasteiger partial charge in [-0.1, -0.05) is 6.07 Å². The first-order valence-electron chi connectivity index (χ1n) is 6.61. The minimum Gasteiger partial charge on any atom is -0.398 e. The molecule has 4 nitrogen and oxygen atoms in total. The van der Waals surface area contributed by atoms with E-state index in [2.05, 4.69) is 15.9 Å². The number of halogens is 1. The van der Waals surface area contributed by atoms with Crippen LogP contribution >= 0.6 is 15.9 Å². The molecule has 0 aliphatic carbocycles. The molecule has 1 fully saturated rings. The van der Waals surface area contributed by atoms with Gasteiger partial charge in [-0.05, 0) is 53.7 Å². The lowest BCUT2D eigenvalue weighted by Crippen LogP contribution is -2.35. The highest BCUT2D eigenvalue weighted by atomic mass is 79.9. The number of aliphatic hydroxyl groups excluding tert-OH is 1. The summed E-state index contributed by atoms with van der Waals surface area (Å²) in [4.78, 5) is 14.5. The molecule has 104 valence electrons. The molecule has 1 aromatic carbocycles. The van der Waals surface area contributed by atoms with Crippen LogP contribution in [0.3, 0.4) is 0 Å². The Labute approximate surface area is 121 Å². The highest BCUT2D eigenvalue weighted by Gasteiger charge is 2.29. The van der Waals surface area contributed by atoms with Gasteiger partial charge in [0.2, 0.25) is 0 Å². The van der Waals surface area contributed by atoms with Crippen molar-refractivity contribution in [1.29, 1.82) is 0 Å². The molecule has 1 amide bonds. The maximum atomic E-state index is 12.6. The van der Waals surface area contributed by atoms with Crippen LogP contribution in [0.5, 0.6) is 0 Å². The number of carbonyl (C=O) groups excluding carboxylic acids is 1. The van der Waals surface area contributed by atoms with Crippen LogP contribution in [0.1, 0.15) is 36.0 Å². The summed E-state index contributed by atoms with van der Waals surface area (Å²) in [7, 11) is 0. The van der Waals surface area contributed by atoms with E-state index < -0.39 is 0 Å². The van der Waals surface area contributed by atoms with Gasteiger partial charge in [-0.15, -0.1) is 0 Å². The number of hydrogen-bond donors (Lipinski definition) is 2. The third-order valence-corrected chi connectivity index (χ3v) is 4.48. The largest absolute Gasteiger partial charge is 0.398 e. The molecule has 1 unspecified atom stereocenters. The van der Waals surface area contributed by atoms with E-state index >= 15 is 0 Å². The monoisotopic (exact) mass is 326 g/mol. The predicted molar refractivity (Wildman–Crippen MR) is 78.9 cm³/mol. The van der Waals surface area contributed by atoms with E-state index in [9.17, 15) is 4.79 Å². The van der Waals surface area contributed by atoms with Crippen molar-refractivity contribution >= 4 is 27.5 Å². The summed E-state index contributed by atoms with van der Waals surface area (Å²) in [6, 6.07) is 5.61. The van der Waals surface area contributed by atoms with E-state index in [1.165, 1.54) is 0 Å². The summed E-state index contributed by atoms with van der Waals surface area (Å²) in [5.74, 6) is 0.0274. The zero-order valence-corrected chi connectivity index (χ0v) is 12.4. The number of aliphatic hydroxyl groups is 1. The number of likely N-dealkylation sites (tertiary alicyclic amines) is 1. The molecule has 1 atom stereocenters. The summed E-state index contributed by atoms with van der Waals surface area (Å²) in [5.41, 5.74) is 7.02. The number of nitrogens with two attached hydrogens (primary N) is 1. The maximum Gasteiger partial charge on any atom is 0.255 e. The first-order valence-corrected chi connectivity index (χ1v) is 7.40. The lowest BCUT2D eigenvalue weighted by molar-refractivity contribution is 0.0723. The summed E-state index contributed by atoms with van der Waals surface area (Å²) >= 11 is 3.39. The van der Waals surface area contributed by atoms with Crippen molar-refractivity contribution in [2.24, 2.45) is 0 Å². The Morgan fingerprint density at radius 2 is 2.32 bits per heavy atom. The third-order valence-electron chi connectivity index (χ3n) is 3.59. The second-order valence-electron chi connectivity index (χ2n) is 4.87. The Morgan fingerprint density at radius 3 is 3.05 bits per heavy atom. The summed E-state index contributed by atoms with van der Waals surface area (Å²) in [5, 5.41) is 8.92. The molecular formula is C14H19BrN2O2. The Bertz CT molecular complexity index is 465. The molecule has 0 spiro atoms. The maximum absolute atomic E-state index is 12.6. The van der Waals surface area contributed by atoms with Crippen molar-refractivity contribution in [3.63, 3.8) is 0 Å². The molecule has 2 rings (SSSR count). The lowest BCUT2D eigenvalue weighted by Gasteiger charge is -2.25. The van der Waals surface area contributed by atoms with Gasteiger partial charge in [-0.3, -0.25) is 4.79 Å². The number of amides is 1. The predicted octanol–water partition coefficient (Wildman–Crippen LogP) is 2.41. The van der Waals surface area contributed by atoms with Crippen LogP contribution in [-0.4, -0.2) is 35.1 Å². The Balaban J connectivity index is 2.16. The Morgan fingerprint density at radius 1 is 1.53 bits per heavy atom. The van der Waals surface area contributed by atoms with Gasteiger partial charge in [0.25, 0.3) is 5.91 Å². The van der Waals surface area contributed by atoms with Gasteiger partial charge in [0.05, 0.1) is 10.0 Å². The van der Waals surface area contributed by atoms with Gasteiger partial charge >= 0.3 is 0 Å². The summed E-state index contributed by atoms with van der Waals surface area (Å²) in [6.07, 6.45) is 3.65. The van der Waals surface area contributed by atoms with Gasteiger partial charge < -0.3 is 15.7 Å². The second kappa shape index (κ2) is 6.39. The van der Waals surface area contributed by atoms with Crippen molar-refractivity contribution in [1.82, 2.24) is 4.90 Å². The van der Waals surface area contributed by atoms with Crippen LogP contribution in [0.25, 0.3) is 0 Å². The third kappa shape index (κ3) is 3.09. The molecule has 0 bridgehead atoms. The quantitative estimate of drug-likeness (QED) is 0.835. The van der Waals surface area contributed by atoms with Crippen LogP contribution in [0, 0.1) is 0 Å². The van der Waals surface area contributed by atoms with E-state index in [4.69, 9.17) is 10.8 Å². The second-order valence-corrected chi connectivity index (χ2v) is 5.66. The van der Waals surface area contributed by atoms with Gasteiger partial charge in [0.15, 0.2) is 0 Å². The number of hydrogen-bond acceptors (Lipinski definition) is 3. The smallest absolute Gasteiger partial charge is 0.255 e. The number of rotatable bonds is 4. The van der Waals surface area contributed by atoms with E-state index in [0.29, 0.717) is 15.7 Å². The fraction of sp³-hybridized carbons (Fsp3) is 0.500. The van der Waals surface area contributed by atoms with Gasteiger partial charge in [-0.25, -0.2) is 0 Å². The Hall–Kier alpha value is -1.07. The zero-order chi connectivity index (χ0) is 13.8. The summed E-state index contributed by atoms with van der Waals surface area (Å²) in [6.45, 7) is 0.969. The molecule has 1 heterocycles. The number of anilines is 1. The molecule has 0 radical (unpaired) electrons. The van der Waals surface area contributed by atoms with Crippen molar-refractivity contribution < 1.29 is 9.90 Å². The SMILES string of the molecule is Nc1cccc(C(=O)N2CCCC2CCCO)c1Br. The molecular weight excluding hydrogens is 308 g/mol. The van der Waals surface area contributed by atoms with E-state index in [0.717, 1.165) is 32.2 Å². The van der Waals surface area contributed by atoms with E-state index in [-0.39, 0.29) is 18.6 Å². The topological polar surface area (TPSA) is 66.6 Å². The first-order chi connectivity index (χ1) is 9.15. The van der Waals surface area contributed by atoms with E-state index in [1.807, 2.05) is 4.90 Å². The van der Waals surface area contributed by atoms with Crippen LogP contribution in [-0.2, 0) is 0 Å². The molecule has 1 saturated heterocycles. The van der Waals surface area contributed by atoms with Crippen molar-refractivity contribution in [3.05, 3.63) is 28.2 Å². The molecule has 19 heavy (non-hydrogen) atoms. The number of benzene rings is 1. The van der Waals surface area contributed by atoms with Crippen molar-refractivity contribution in [2.45, 2.75) is 31.7 Å². The van der Waals surface area contributed by atoms with E-state index in [1.54, 1.807) is 18.2 Å². The molecule has 0 saturated carbocycles. The number of carbonyl (C=O) groups is 1. The first kappa shape index (κ1) is 14.3. The minimum absolute atomic E-state index is 0.0274. The van der Waals surface area contributed by atoms with Crippen LogP contribution in [0.15, 0.2) is 22.7 Å². The van der Waals surface area contributed by atoms with Gasteiger partial charge in [0, 0.05) is 24.9 Å². The number of nitrogen functional groups attached to an aromatic ring is 1. The van der Waals surface area contributed by atoms with Crippen LogP contribution in [0.4, 0.5) is 5.69 Å². The molecule has 5 heteroatoms. The fourth-order valence-corrected chi connectivity index (χ4v) is 3.03. The molecule has 0 aromatic heterocycles. The normalized spacial score (nSPS) is 18.8. The molecule has 1 aliphatic heterocycles. The number of nitrogens with zero attached hydrogens (tertiary/aromatic N) is 1. The highest BCUT2D eigenvalue weighted by molar-refractivity contribution is 9.10. The van der Waals surface area contributed by atoms with Gasteiger partial charge in [0.1, 0.15) is 0 Å². The molecule has 3 N–H and O–H groups in total. The van der Waals surface area contributed by atoms with Crippen LogP contribution < -0.4 is 5.73 Å². The average molecular weight is 327 g/mol. The van der Waals surface area contributed by atoms with Crippen molar-refractivity contribution in [3.8, 4) is 0 Å². The standard InChI is InChI=1S/C14H19BrN2O2/c15-13-11(6-1-7-12(13)16)14(19)17-8-2-4-10(17)5-3-9-18/h1,6-7,10,18H,2-5,8-9,16H2. The lowest BCUT2D eigenvalue weighted by atomic mass is 10.1. The minimum atomic E-state index is 0.0274. The fourth-order valence-electron chi connectivity index (χ4n) is 2.60. The van der Waals surface area contributed by atoms with Gasteiger partial charge in [-0.2, -0.15) is 0 Å². The van der Waals surface area contributed by atoms with Crippen LogP contribution in [0.2, 0.25) is 0 Å². The molecule has 1 aromatic rings. The Kier molecular flexibility index (Phi) is 4.82. The summed E-state index contributed by atoms with van der Waals surface area (Å²) < 4.78 is 0.674.